The van der Waals surface area contributed by atoms with Crippen molar-refractivity contribution in [1.29, 1.82) is 0 Å². The number of sulfone groups is 1. The van der Waals surface area contributed by atoms with Crippen LogP contribution in [0.4, 0.5) is 0 Å². The number of hydrogen-bond donors (Lipinski definition) is 1. The van der Waals surface area contributed by atoms with Gasteiger partial charge in [0.25, 0.3) is 0 Å². The maximum Gasteiger partial charge on any atom is 0.153 e. The molecule has 0 aromatic rings. The van der Waals surface area contributed by atoms with Crippen molar-refractivity contribution in [2.75, 3.05) is 32.9 Å². The summed E-state index contributed by atoms with van der Waals surface area (Å²) in [4.78, 5) is 2.42. The summed E-state index contributed by atoms with van der Waals surface area (Å²) >= 11 is 0. The van der Waals surface area contributed by atoms with Crippen LogP contribution in [-0.2, 0) is 9.84 Å². The summed E-state index contributed by atoms with van der Waals surface area (Å²) in [7, 11) is -0.807. The van der Waals surface area contributed by atoms with Crippen molar-refractivity contribution in [3.8, 4) is 0 Å². The van der Waals surface area contributed by atoms with Crippen molar-refractivity contribution < 1.29 is 8.42 Å². The van der Waals surface area contributed by atoms with Gasteiger partial charge in [-0.15, -0.1) is 0 Å². The molecule has 0 bridgehead atoms. The third kappa shape index (κ3) is 4.52. The first-order valence-corrected chi connectivity index (χ1v) is 8.74. The first kappa shape index (κ1) is 15.9. The molecule has 1 rings (SSSR count). The van der Waals surface area contributed by atoms with Crippen LogP contribution in [0.5, 0.6) is 0 Å². The van der Waals surface area contributed by atoms with Gasteiger partial charge in [0.05, 0.1) is 4.75 Å². The van der Waals surface area contributed by atoms with Crippen LogP contribution in [0.1, 0.15) is 39.5 Å². The molecule has 1 unspecified atom stereocenters. The molecular weight excluding hydrogens is 248 g/mol. The normalized spacial score (nSPS) is 23.2. The molecule has 4 nitrogen and oxygen atoms in total. The van der Waals surface area contributed by atoms with Crippen molar-refractivity contribution in [1.82, 2.24) is 10.2 Å². The summed E-state index contributed by atoms with van der Waals surface area (Å²) in [6, 6.07) is 0.660. The van der Waals surface area contributed by atoms with Crippen LogP contribution < -0.4 is 5.32 Å². The van der Waals surface area contributed by atoms with E-state index in [0.717, 1.165) is 13.0 Å². The minimum atomic E-state index is -2.99. The molecule has 1 aliphatic rings. The van der Waals surface area contributed by atoms with Gasteiger partial charge in [-0.1, -0.05) is 6.42 Å². The summed E-state index contributed by atoms with van der Waals surface area (Å²) in [6.07, 6.45) is 6.32. The first-order chi connectivity index (χ1) is 8.24. The Balaban J connectivity index is 2.26. The number of rotatable bonds is 6. The summed E-state index contributed by atoms with van der Waals surface area (Å²) < 4.78 is 22.4. The molecule has 0 spiro atoms. The van der Waals surface area contributed by atoms with Crippen molar-refractivity contribution in [3.05, 3.63) is 0 Å². The molecule has 5 heteroatoms. The Labute approximate surface area is 112 Å². The van der Waals surface area contributed by atoms with Gasteiger partial charge in [0.2, 0.25) is 0 Å². The van der Waals surface area contributed by atoms with Crippen molar-refractivity contribution in [2.45, 2.75) is 50.3 Å². The van der Waals surface area contributed by atoms with Crippen LogP contribution in [0.25, 0.3) is 0 Å². The number of likely N-dealkylation sites (tertiary alicyclic amines) is 1. The van der Waals surface area contributed by atoms with Gasteiger partial charge in [-0.05, 0) is 53.2 Å². The van der Waals surface area contributed by atoms with Crippen LogP contribution >= 0.6 is 0 Å². The maximum absolute atomic E-state index is 11.6. The van der Waals surface area contributed by atoms with E-state index in [0.29, 0.717) is 12.6 Å². The van der Waals surface area contributed by atoms with Crippen LogP contribution in [0.3, 0.4) is 0 Å². The lowest BCUT2D eigenvalue weighted by molar-refractivity contribution is 0.175. The molecule has 1 atom stereocenters. The van der Waals surface area contributed by atoms with Crippen molar-refractivity contribution in [3.63, 3.8) is 0 Å². The van der Waals surface area contributed by atoms with E-state index in [2.05, 4.69) is 17.3 Å². The predicted molar refractivity (Wildman–Crippen MR) is 76.7 cm³/mol. The van der Waals surface area contributed by atoms with Crippen molar-refractivity contribution >= 4 is 9.84 Å². The zero-order valence-electron chi connectivity index (χ0n) is 12.2. The van der Waals surface area contributed by atoms with E-state index in [9.17, 15) is 8.42 Å². The molecular formula is C13H28N2O2S. The fourth-order valence-electron chi connectivity index (χ4n) is 2.30. The van der Waals surface area contributed by atoms with Gasteiger partial charge in [0, 0.05) is 18.8 Å². The number of nitrogens with one attached hydrogen (secondary N) is 1. The fraction of sp³-hybridized carbons (Fsp3) is 1.00. The first-order valence-electron chi connectivity index (χ1n) is 6.84. The van der Waals surface area contributed by atoms with Gasteiger partial charge >= 0.3 is 0 Å². The molecule has 1 aliphatic heterocycles. The van der Waals surface area contributed by atoms with Crippen molar-refractivity contribution in [2.24, 2.45) is 0 Å². The molecule has 0 amide bonds. The summed E-state index contributed by atoms with van der Waals surface area (Å²) in [5, 5.41) is 3.29. The Hall–Kier alpha value is -0.130. The average Bonchev–Trinajstić information content (AvgIpc) is 2.25. The number of hydrogen-bond acceptors (Lipinski definition) is 4. The quantitative estimate of drug-likeness (QED) is 0.742. The van der Waals surface area contributed by atoms with E-state index < -0.39 is 14.6 Å². The molecule has 0 aliphatic carbocycles. The van der Waals surface area contributed by atoms with E-state index in [1.54, 1.807) is 13.8 Å². The lowest BCUT2D eigenvalue weighted by Crippen LogP contribution is -2.43. The topological polar surface area (TPSA) is 49.4 Å². The third-order valence-electron chi connectivity index (χ3n) is 4.13. The second-order valence-corrected chi connectivity index (χ2v) is 8.78. The standard InChI is InChI=1S/C13H28N2O2S/c1-13(2,18(4,16)17)11-14-9-8-12-7-5-6-10-15(12)3/h12,14H,5-11H2,1-4H3. The molecule has 1 fully saturated rings. The monoisotopic (exact) mass is 276 g/mol. The fourth-order valence-corrected chi connectivity index (χ4v) is 2.66. The highest BCUT2D eigenvalue weighted by Crippen LogP contribution is 2.17. The molecule has 0 radical (unpaired) electrons. The Morgan fingerprint density at radius 1 is 1.33 bits per heavy atom. The second kappa shape index (κ2) is 6.35. The minimum Gasteiger partial charge on any atom is -0.315 e. The maximum atomic E-state index is 11.6. The zero-order chi connectivity index (χ0) is 13.8. The van der Waals surface area contributed by atoms with Gasteiger partial charge in [0.1, 0.15) is 0 Å². The number of nitrogens with zero attached hydrogens (tertiary/aromatic N) is 1. The van der Waals surface area contributed by atoms with E-state index in [-0.39, 0.29) is 0 Å². The van der Waals surface area contributed by atoms with Crippen LogP contribution in [0.2, 0.25) is 0 Å². The SMILES string of the molecule is CN1CCCCC1CCNCC(C)(C)S(C)(=O)=O. The largest absolute Gasteiger partial charge is 0.315 e. The Morgan fingerprint density at radius 2 is 2.00 bits per heavy atom. The predicted octanol–water partition coefficient (Wildman–Crippen LogP) is 1.27. The Bertz CT molecular complexity index is 352. The highest BCUT2D eigenvalue weighted by molar-refractivity contribution is 7.92. The smallest absolute Gasteiger partial charge is 0.153 e. The van der Waals surface area contributed by atoms with E-state index in [1.807, 2.05) is 0 Å². The van der Waals surface area contributed by atoms with Gasteiger partial charge in [-0.3, -0.25) is 0 Å². The van der Waals surface area contributed by atoms with Gasteiger partial charge in [0.15, 0.2) is 9.84 Å². The Morgan fingerprint density at radius 3 is 2.56 bits per heavy atom. The average molecular weight is 276 g/mol. The highest BCUT2D eigenvalue weighted by Gasteiger charge is 2.29. The highest BCUT2D eigenvalue weighted by atomic mass is 32.2. The zero-order valence-corrected chi connectivity index (χ0v) is 13.0. The molecule has 1 N–H and O–H groups in total. The molecule has 108 valence electrons. The summed E-state index contributed by atoms with van der Waals surface area (Å²) in [5.41, 5.74) is 0. The third-order valence-corrected chi connectivity index (χ3v) is 6.28. The summed E-state index contributed by atoms with van der Waals surface area (Å²) in [6.45, 7) is 6.18. The molecule has 1 saturated heterocycles. The lowest BCUT2D eigenvalue weighted by atomic mass is 10.0. The molecule has 1 heterocycles. The van der Waals surface area contributed by atoms with Gasteiger partial charge in [-0.2, -0.15) is 0 Å². The van der Waals surface area contributed by atoms with Gasteiger partial charge in [-0.25, -0.2) is 8.42 Å². The van der Waals surface area contributed by atoms with Crippen LogP contribution in [0, 0.1) is 0 Å². The molecule has 0 aromatic heterocycles. The summed E-state index contributed by atoms with van der Waals surface area (Å²) in [5.74, 6) is 0. The second-order valence-electron chi connectivity index (χ2n) is 6.13. The van der Waals surface area contributed by atoms with E-state index in [4.69, 9.17) is 0 Å². The molecule has 0 saturated carbocycles. The van der Waals surface area contributed by atoms with Crippen LogP contribution in [0.15, 0.2) is 0 Å². The minimum absolute atomic E-state index is 0.530. The van der Waals surface area contributed by atoms with Crippen LogP contribution in [-0.4, -0.2) is 57.0 Å². The number of piperidine rings is 1. The van der Waals surface area contributed by atoms with E-state index in [1.165, 1.54) is 32.1 Å². The molecule has 0 aromatic carbocycles. The Kier molecular flexibility index (Phi) is 5.62. The molecule has 18 heavy (non-hydrogen) atoms. The van der Waals surface area contributed by atoms with E-state index >= 15 is 0 Å². The van der Waals surface area contributed by atoms with Gasteiger partial charge < -0.3 is 10.2 Å². The lowest BCUT2D eigenvalue weighted by Gasteiger charge is -2.33.